The molecule has 4 nitrogen and oxygen atoms in total. The van der Waals surface area contributed by atoms with E-state index in [0.29, 0.717) is 16.3 Å². The van der Waals surface area contributed by atoms with E-state index < -0.39 is 10.8 Å². The Morgan fingerprint density at radius 3 is 2.87 bits per heavy atom. The highest BCUT2D eigenvalue weighted by atomic mass is 32.2. The largest absolute Gasteiger partial charge is 0.397 e. The molecule has 1 rings (SSSR count). The van der Waals surface area contributed by atoms with E-state index in [1.54, 1.807) is 17.7 Å². The van der Waals surface area contributed by atoms with Gasteiger partial charge in [0, 0.05) is 28.9 Å². The van der Waals surface area contributed by atoms with Crippen molar-refractivity contribution in [2.75, 3.05) is 17.7 Å². The fourth-order valence-corrected chi connectivity index (χ4v) is 2.70. The molecule has 15 heavy (non-hydrogen) atoms. The number of amides is 1. The zero-order chi connectivity index (χ0) is 11.4. The number of anilines is 1. The molecule has 2 unspecified atom stereocenters. The van der Waals surface area contributed by atoms with Crippen LogP contribution in [0.3, 0.4) is 0 Å². The van der Waals surface area contributed by atoms with Crippen molar-refractivity contribution in [2.45, 2.75) is 13.0 Å². The second kappa shape index (κ2) is 5.27. The van der Waals surface area contributed by atoms with Gasteiger partial charge in [-0.2, -0.15) is 0 Å². The molecular weight excluding hydrogens is 232 g/mol. The van der Waals surface area contributed by atoms with Gasteiger partial charge in [0.25, 0.3) is 5.91 Å². The third-order valence-corrected chi connectivity index (χ3v) is 3.66. The first-order valence-corrected chi connectivity index (χ1v) is 7.05. The molecule has 0 fully saturated rings. The van der Waals surface area contributed by atoms with Gasteiger partial charge in [0.05, 0.1) is 5.69 Å². The van der Waals surface area contributed by atoms with E-state index in [-0.39, 0.29) is 11.9 Å². The van der Waals surface area contributed by atoms with E-state index in [1.807, 2.05) is 6.92 Å². The van der Waals surface area contributed by atoms with Crippen LogP contribution < -0.4 is 11.1 Å². The second-order valence-corrected chi connectivity index (χ2v) is 5.72. The SMILES string of the molecule is CC(CS(C)=O)NC(=O)c1sccc1N. The zero-order valence-corrected chi connectivity index (χ0v) is 10.3. The highest BCUT2D eigenvalue weighted by Gasteiger charge is 2.14. The summed E-state index contributed by atoms with van der Waals surface area (Å²) in [6.45, 7) is 1.82. The summed E-state index contributed by atoms with van der Waals surface area (Å²) in [6.07, 6.45) is 1.61. The molecule has 3 N–H and O–H groups in total. The van der Waals surface area contributed by atoms with Gasteiger partial charge in [0.2, 0.25) is 0 Å². The number of nitrogens with two attached hydrogens (primary N) is 1. The number of rotatable bonds is 4. The van der Waals surface area contributed by atoms with Gasteiger partial charge in [0.1, 0.15) is 4.88 Å². The topological polar surface area (TPSA) is 72.2 Å². The molecule has 0 aliphatic rings. The van der Waals surface area contributed by atoms with Gasteiger partial charge >= 0.3 is 0 Å². The van der Waals surface area contributed by atoms with Gasteiger partial charge in [-0.3, -0.25) is 9.00 Å². The maximum absolute atomic E-state index is 11.6. The molecule has 1 aromatic rings. The van der Waals surface area contributed by atoms with E-state index in [4.69, 9.17) is 5.73 Å². The molecule has 0 saturated heterocycles. The van der Waals surface area contributed by atoms with E-state index in [0.717, 1.165) is 0 Å². The normalized spacial score (nSPS) is 14.5. The number of carbonyl (C=O) groups is 1. The summed E-state index contributed by atoms with van der Waals surface area (Å²) >= 11 is 1.31. The molecule has 1 aromatic heterocycles. The first-order chi connectivity index (χ1) is 7.00. The maximum Gasteiger partial charge on any atom is 0.263 e. The predicted molar refractivity (Wildman–Crippen MR) is 64.6 cm³/mol. The lowest BCUT2D eigenvalue weighted by molar-refractivity contribution is 0.0948. The minimum atomic E-state index is -0.907. The molecule has 2 atom stereocenters. The molecule has 0 aromatic carbocycles. The summed E-state index contributed by atoms with van der Waals surface area (Å²) < 4.78 is 10.9. The molecule has 0 aliphatic heterocycles. The Bertz CT molecular complexity index is 376. The smallest absolute Gasteiger partial charge is 0.263 e. The van der Waals surface area contributed by atoms with Gasteiger partial charge < -0.3 is 11.1 Å². The van der Waals surface area contributed by atoms with E-state index >= 15 is 0 Å². The van der Waals surface area contributed by atoms with Gasteiger partial charge in [-0.05, 0) is 18.4 Å². The van der Waals surface area contributed by atoms with Gasteiger partial charge in [-0.25, -0.2) is 0 Å². The fraction of sp³-hybridized carbons (Fsp3) is 0.444. The van der Waals surface area contributed by atoms with Crippen LogP contribution in [0.4, 0.5) is 5.69 Å². The van der Waals surface area contributed by atoms with Crippen molar-refractivity contribution in [1.82, 2.24) is 5.32 Å². The maximum atomic E-state index is 11.6. The average molecular weight is 246 g/mol. The van der Waals surface area contributed by atoms with E-state index in [2.05, 4.69) is 5.32 Å². The Labute approximate surface area is 95.3 Å². The minimum Gasteiger partial charge on any atom is -0.397 e. The molecule has 0 saturated carbocycles. The number of nitrogen functional groups attached to an aromatic ring is 1. The van der Waals surface area contributed by atoms with Crippen molar-refractivity contribution >= 4 is 33.7 Å². The van der Waals surface area contributed by atoms with Crippen molar-refractivity contribution < 1.29 is 9.00 Å². The minimum absolute atomic E-state index is 0.107. The monoisotopic (exact) mass is 246 g/mol. The summed E-state index contributed by atoms with van der Waals surface area (Å²) in [4.78, 5) is 12.2. The second-order valence-electron chi connectivity index (χ2n) is 3.32. The van der Waals surface area contributed by atoms with E-state index in [1.165, 1.54) is 11.3 Å². The number of thiophene rings is 1. The predicted octanol–water partition coefficient (Wildman–Crippen LogP) is 0.827. The molecule has 6 heteroatoms. The van der Waals surface area contributed by atoms with Crippen molar-refractivity contribution in [3.63, 3.8) is 0 Å². The summed E-state index contributed by atoms with van der Waals surface area (Å²) in [7, 11) is -0.907. The molecule has 84 valence electrons. The van der Waals surface area contributed by atoms with Gasteiger partial charge in [-0.15, -0.1) is 11.3 Å². The van der Waals surface area contributed by atoms with Crippen molar-refractivity contribution in [3.05, 3.63) is 16.3 Å². The molecule has 0 radical (unpaired) electrons. The van der Waals surface area contributed by atoms with Crippen molar-refractivity contribution in [1.29, 1.82) is 0 Å². The van der Waals surface area contributed by atoms with Crippen LogP contribution in [0.2, 0.25) is 0 Å². The molecule has 0 bridgehead atoms. The first kappa shape index (κ1) is 12.2. The van der Waals surface area contributed by atoms with Crippen LogP contribution >= 0.6 is 11.3 Å². The van der Waals surface area contributed by atoms with Gasteiger partial charge in [0.15, 0.2) is 0 Å². The molecule has 0 aliphatic carbocycles. The number of hydrogen-bond donors (Lipinski definition) is 2. The lowest BCUT2D eigenvalue weighted by atomic mass is 10.3. The Kier molecular flexibility index (Phi) is 4.28. The third-order valence-electron chi connectivity index (χ3n) is 1.76. The molecule has 0 spiro atoms. The quantitative estimate of drug-likeness (QED) is 0.826. The number of carbonyl (C=O) groups excluding carboxylic acids is 1. The summed E-state index contributed by atoms with van der Waals surface area (Å²) in [5, 5.41) is 4.52. The van der Waals surface area contributed by atoms with Crippen LogP contribution in [0.15, 0.2) is 11.4 Å². The molecule has 1 heterocycles. The summed E-state index contributed by atoms with van der Waals surface area (Å²) in [6, 6.07) is 1.59. The first-order valence-electron chi connectivity index (χ1n) is 4.44. The van der Waals surface area contributed by atoms with Crippen molar-refractivity contribution in [3.8, 4) is 0 Å². The lowest BCUT2D eigenvalue weighted by Gasteiger charge is -2.11. The molecule has 1 amide bonds. The zero-order valence-electron chi connectivity index (χ0n) is 8.65. The standard InChI is InChI=1S/C9H14N2O2S2/c1-6(5-15(2)13)11-9(12)8-7(10)3-4-14-8/h3-4,6H,5,10H2,1-2H3,(H,11,12). The highest BCUT2D eigenvalue weighted by Crippen LogP contribution is 2.18. The highest BCUT2D eigenvalue weighted by molar-refractivity contribution is 7.84. The van der Waals surface area contributed by atoms with Gasteiger partial charge in [-0.1, -0.05) is 0 Å². The van der Waals surface area contributed by atoms with Crippen molar-refractivity contribution in [2.24, 2.45) is 0 Å². The van der Waals surface area contributed by atoms with Crippen LogP contribution in [0.25, 0.3) is 0 Å². The Morgan fingerprint density at radius 1 is 1.73 bits per heavy atom. The lowest BCUT2D eigenvalue weighted by Crippen LogP contribution is -2.36. The third kappa shape index (κ3) is 3.64. The van der Waals surface area contributed by atoms with Crippen LogP contribution in [-0.2, 0) is 10.8 Å². The average Bonchev–Trinajstić information content (AvgIpc) is 2.49. The fourth-order valence-electron chi connectivity index (χ4n) is 1.19. The Balaban J connectivity index is 2.56. The summed E-state index contributed by atoms with van der Waals surface area (Å²) in [5.41, 5.74) is 6.10. The Hall–Kier alpha value is -0.880. The number of hydrogen-bond acceptors (Lipinski definition) is 4. The van der Waals surface area contributed by atoms with Crippen LogP contribution in [0.5, 0.6) is 0 Å². The van der Waals surface area contributed by atoms with Crippen LogP contribution in [-0.4, -0.2) is 28.2 Å². The van der Waals surface area contributed by atoms with Crippen LogP contribution in [0.1, 0.15) is 16.6 Å². The number of nitrogens with one attached hydrogen (secondary N) is 1. The Morgan fingerprint density at radius 2 is 2.40 bits per heavy atom. The van der Waals surface area contributed by atoms with E-state index in [9.17, 15) is 9.00 Å². The summed E-state index contributed by atoms with van der Waals surface area (Å²) in [5.74, 6) is 0.261. The van der Waals surface area contributed by atoms with Crippen LogP contribution in [0, 0.1) is 0 Å². The molecular formula is C9H14N2O2S2.